The van der Waals surface area contributed by atoms with Gasteiger partial charge in [-0.05, 0) is 42.0 Å². The zero-order valence-electron chi connectivity index (χ0n) is 11.8. The van der Waals surface area contributed by atoms with E-state index >= 15 is 0 Å². The molecule has 0 saturated carbocycles. The molecule has 3 heteroatoms. The monoisotopic (exact) mass is 287 g/mol. The number of anilines is 1. The average molecular weight is 288 g/mol. The molecule has 0 amide bonds. The first kappa shape index (κ1) is 14.6. The fourth-order valence-corrected chi connectivity index (χ4v) is 2.32. The van der Waals surface area contributed by atoms with Gasteiger partial charge >= 0.3 is 0 Å². The van der Waals surface area contributed by atoms with E-state index in [1.165, 1.54) is 0 Å². The third-order valence-corrected chi connectivity index (χ3v) is 3.50. The maximum atomic E-state index is 11.6. The summed E-state index contributed by atoms with van der Waals surface area (Å²) in [7, 11) is 2.03. The van der Waals surface area contributed by atoms with E-state index < -0.39 is 0 Å². The van der Waals surface area contributed by atoms with Crippen LogP contribution in [0.4, 0.5) is 5.69 Å². The van der Waals surface area contributed by atoms with E-state index in [0.717, 1.165) is 28.4 Å². The van der Waals surface area contributed by atoms with Crippen LogP contribution >= 0.6 is 11.6 Å². The lowest BCUT2D eigenvalue weighted by atomic mass is 10.1. The highest BCUT2D eigenvalue weighted by Gasteiger charge is 2.06. The number of carbonyl (C=O) groups excluding carboxylic acids is 1. The summed E-state index contributed by atoms with van der Waals surface area (Å²) < 4.78 is 0. The van der Waals surface area contributed by atoms with Crippen LogP contribution in [0.5, 0.6) is 0 Å². The van der Waals surface area contributed by atoms with Crippen molar-refractivity contribution in [1.82, 2.24) is 0 Å². The predicted octanol–water partition coefficient (Wildman–Crippen LogP) is 4.57. The normalized spacial score (nSPS) is 10.3. The van der Waals surface area contributed by atoms with Gasteiger partial charge in [0.25, 0.3) is 0 Å². The molecule has 0 unspecified atom stereocenters. The van der Waals surface area contributed by atoms with Gasteiger partial charge in [0.05, 0.1) is 0 Å². The van der Waals surface area contributed by atoms with Gasteiger partial charge in [0.15, 0.2) is 5.78 Å². The molecule has 0 bridgehead atoms. The van der Waals surface area contributed by atoms with Gasteiger partial charge in [0, 0.05) is 36.3 Å². The second kappa shape index (κ2) is 6.58. The summed E-state index contributed by atoms with van der Waals surface area (Å²) in [5.41, 5.74) is 3.01. The van der Waals surface area contributed by atoms with Gasteiger partial charge in [-0.25, -0.2) is 0 Å². The van der Waals surface area contributed by atoms with E-state index in [4.69, 9.17) is 11.6 Å². The highest BCUT2D eigenvalue weighted by molar-refractivity contribution is 6.30. The van der Waals surface area contributed by atoms with Gasteiger partial charge < -0.3 is 4.90 Å². The molecule has 0 aliphatic heterocycles. The minimum Gasteiger partial charge on any atom is -0.370 e. The zero-order valence-corrected chi connectivity index (χ0v) is 12.5. The van der Waals surface area contributed by atoms with Crippen molar-refractivity contribution >= 4 is 23.1 Å². The van der Waals surface area contributed by atoms with Crippen molar-refractivity contribution in [2.24, 2.45) is 0 Å². The smallest absolute Gasteiger partial charge is 0.162 e. The van der Waals surface area contributed by atoms with Crippen molar-refractivity contribution < 1.29 is 4.79 Å². The molecule has 0 aromatic heterocycles. The molecule has 0 spiro atoms. The third kappa shape index (κ3) is 3.61. The molecule has 0 aliphatic rings. The molecule has 2 rings (SSSR count). The Bertz CT molecular complexity index is 592. The number of hydrogen-bond acceptors (Lipinski definition) is 2. The first-order chi connectivity index (χ1) is 9.60. The van der Waals surface area contributed by atoms with Gasteiger partial charge in [0.2, 0.25) is 0 Å². The lowest BCUT2D eigenvalue weighted by Crippen LogP contribution is -2.16. The Morgan fingerprint density at radius 1 is 1.15 bits per heavy atom. The molecule has 0 N–H and O–H groups in total. The van der Waals surface area contributed by atoms with Crippen LogP contribution < -0.4 is 4.90 Å². The Labute approximate surface area is 125 Å². The summed E-state index contributed by atoms with van der Waals surface area (Å²) in [6.07, 6.45) is 0.539. The number of halogens is 1. The standard InChI is InChI=1S/C17H18ClNO/c1-3-17(20)14-7-9-16(10-8-14)19(2)12-13-5-4-6-15(18)11-13/h4-11H,3,12H2,1-2H3. The molecule has 20 heavy (non-hydrogen) atoms. The number of rotatable bonds is 5. The van der Waals surface area contributed by atoms with Crippen molar-refractivity contribution in [1.29, 1.82) is 0 Å². The van der Waals surface area contributed by atoms with Crippen LogP contribution in [0.1, 0.15) is 29.3 Å². The first-order valence-electron chi connectivity index (χ1n) is 6.69. The molecule has 104 valence electrons. The Morgan fingerprint density at radius 3 is 2.45 bits per heavy atom. The number of nitrogens with zero attached hydrogens (tertiary/aromatic N) is 1. The van der Waals surface area contributed by atoms with Crippen molar-refractivity contribution in [3.63, 3.8) is 0 Å². The molecular formula is C17H18ClNO. The minimum atomic E-state index is 0.175. The minimum absolute atomic E-state index is 0.175. The Morgan fingerprint density at radius 2 is 1.85 bits per heavy atom. The molecular weight excluding hydrogens is 270 g/mol. The number of Topliss-reactive ketones (excluding diaryl/α,β-unsaturated/α-hetero) is 1. The predicted molar refractivity (Wildman–Crippen MR) is 84.6 cm³/mol. The van der Waals surface area contributed by atoms with Crippen molar-refractivity contribution in [2.45, 2.75) is 19.9 Å². The van der Waals surface area contributed by atoms with Gasteiger partial charge in [-0.2, -0.15) is 0 Å². The summed E-state index contributed by atoms with van der Waals surface area (Å²) in [6.45, 7) is 2.66. The number of ketones is 1. The van der Waals surface area contributed by atoms with E-state index in [1.807, 2.05) is 56.4 Å². The maximum Gasteiger partial charge on any atom is 0.162 e. The second-order valence-corrected chi connectivity index (χ2v) is 5.25. The molecule has 0 aliphatic carbocycles. The van der Waals surface area contributed by atoms with Crippen LogP contribution in [0.15, 0.2) is 48.5 Å². The zero-order chi connectivity index (χ0) is 14.5. The van der Waals surface area contributed by atoms with Gasteiger partial charge in [-0.3, -0.25) is 4.79 Å². The largest absolute Gasteiger partial charge is 0.370 e. The van der Waals surface area contributed by atoms with E-state index in [9.17, 15) is 4.79 Å². The summed E-state index contributed by atoms with van der Waals surface area (Å²) in [5.74, 6) is 0.175. The Hall–Kier alpha value is -1.80. The molecule has 0 heterocycles. The van der Waals surface area contributed by atoms with E-state index in [-0.39, 0.29) is 5.78 Å². The van der Waals surface area contributed by atoms with Crippen LogP contribution in [0.3, 0.4) is 0 Å². The Kier molecular flexibility index (Phi) is 4.80. The van der Waals surface area contributed by atoms with Crippen LogP contribution in [0.25, 0.3) is 0 Å². The molecule has 0 fully saturated rings. The SMILES string of the molecule is CCC(=O)c1ccc(N(C)Cc2cccc(Cl)c2)cc1. The summed E-state index contributed by atoms with van der Waals surface area (Å²) >= 11 is 5.99. The van der Waals surface area contributed by atoms with E-state index in [2.05, 4.69) is 11.0 Å². The molecule has 2 aromatic carbocycles. The fraction of sp³-hybridized carbons (Fsp3) is 0.235. The van der Waals surface area contributed by atoms with Crippen molar-refractivity contribution in [3.05, 3.63) is 64.7 Å². The van der Waals surface area contributed by atoms with E-state index in [1.54, 1.807) is 0 Å². The maximum absolute atomic E-state index is 11.6. The highest BCUT2D eigenvalue weighted by atomic mass is 35.5. The number of carbonyl (C=O) groups is 1. The lowest BCUT2D eigenvalue weighted by molar-refractivity contribution is 0.0988. The average Bonchev–Trinajstić information content (AvgIpc) is 2.46. The Balaban J connectivity index is 2.09. The van der Waals surface area contributed by atoms with Crippen molar-refractivity contribution in [2.75, 3.05) is 11.9 Å². The summed E-state index contributed by atoms with van der Waals surface area (Å²) in [6, 6.07) is 15.6. The molecule has 2 nitrogen and oxygen atoms in total. The molecule has 0 atom stereocenters. The summed E-state index contributed by atoms with van der Waals surface area (Å²) in [5, 5.41) is 0.750. The quantitative estimate of drug-likeness (QED) is 0.751. The first-order valence-corrected chi connectivity index (χ1v) is 7.07. The fourth-order valence-electron chi connectivity index (χ4n) is 2.11. The van der Waals surface area contributed by atoms with Crippen molar-refractivity contribution in [3.8, 4) is 0 Å². The van der Waals surface area contributed by atoms with Gasteiger partial charge in [0.1, 0.15) is 0 Å². The van der Waals surface area contributed by atoms with Crippen LogP contribution in [0, 0.1) is 0 Å². The second-order valence-electron chi connectivity index (χ2n) is 4.81. The van der Waals surface area contributed by atoms with Crippen LogP contribution in [0.2, 0.25) is 5.02 Å². The van der Waals surface area contributed by atoms with Gasteiger partial charge in [-0.1, -0.05) is 30.7 Å². The van der Waals surface area contributed by atoms with Crippen LogP contribution in [-0.2, 0) is 6.54 Å². The molecule has 0 radical (unpaired) electrons. The lowest BCUT2D eigenvalue weighted by Gasteiger charge is -2.19. The van der Waals surface area contributed by atoms with Crippen LogP contribution in [-0.4, -0.2) is 12.8 Å². The number of benzene rings is 2. The molecule has 2 aromatic rings. The summed E-state index contributed by atoms with van der Waals surface area (Å²) in [4.78, 5) is 13.7. The highest BCUT2D eigenvalue weighted by Crippen LogP contribution is 2.18. The van der Waals surface area contributed by atoms with E-state index in [0.29, 0.717) is 6.42 Å². The molecule has 0 saturated heterocycles. The third-order valence-electron chi connectivity index (χ3n) is 3.26. The topological polar surface area (TPSA) is 20.3 Å². The number of hydrogen-bond donors (Lipinski definition) is 0. The van der Waals surface area contributed by atoms with Gasteiger partial charge in [-0.15, -0.1) is 0 Å².